The molecule has 7 nitrogen and oxygen atoms in total. The van der Waals surface area contributed by atoms with E-state index in [1.54, 1.807) is 31.2 Å². The molecule has 174 valence electrons. The lowest BCUT2D eigenvalue weighted by Crippen LogP contribution is -2.46. The van der Waals surface area contributed by atoms with E-state index in [1.807, 2.05) is 12.1 Å². The number of nitrogens with zero attached hydrogens (tertiary/aromatic N) is 1. The Kier molecular flexibility index (Phi) is 5.91. The molecule has 1 atom stereocenters. The van der Waals surface area contributed by atoms with Crippen molar-refractivity contribution in [2.45, 2.75) is 57.9 Å². The zero-order chi connectivity index (χ0) is 23.8. The Morgan fingerprint density at radius 3 is 2.21 bits per heavy atom. The third-order valence-corrected chi connectivity index (χ3v) is 6.89. The van der Waals surface area contributed by atoms with Crippen molar-refractivity contribution in [2.75, 3.05) is 11.9 Å². The number of nitrogens with one attached hydrogen (secondary N) is 2. The maximum absolute atomic E-state index is 12.7. The first-order valence-electron chi connectivity index (χ1n) is 11.4. The maximum Gasteiger partial charge on any atom is 0.325 e. The molecule has 2 N–H and O–H groups in total. The average molecular weight is 450 g/mol. The second kappa shape index (κ2) is 8.54. The van der Waals surface area contributed by atoms with Gasteiger partial charge in [0.1, 0.15) is 23.6 Å². The van der Waals surface area contributed by atoms with Gasteiger partial charge in [-0.15, -0.1) is 0 Å². The van der Waals surface area contributed by atoms with Crippen LogP contribution in [0.4, 0.5) is 10.5 Å². The van der Waals surface area contributed by atoms with Crippen LogP contribution in [0.15, 0.2) is 48.5 Å². The largest absolute Gasteiger partial charge is 0.457 e. The Morgan fingerprint density at radius 2 is 1.67 bits per heavy atom. The number of hydrogen-bond acceptors (Lipinski definition) is 4. The summed E-state index contributed by atoms with van der Waals surface area (Å²) in [7, 11) is 0. The smallest absolute Gasteiger partial charge is 0.325 e. The highest BCUT2D eigenvalue weighted by atomic mass is 16.5. The molecule has 1 saturated heterocycles. The van der Waals surface area contributed by atoms with Gasteiger partial charge in [0.05, 0.1) is 0 Å². The van der Waals surface area contributed by atoms with Gasteiger partial charge in [0.25, 0.3) is 5.91 Å². The van der Waals surface area contributed by atoms with Crippen LogP contribution >= 0.6 is 0 Å². The molecule has 2 fully saturated rings. The average Bonchev–Trinajstić information content (AvgIpc) is 3.62. The van der Waals surface area contributed by atoms with Crippen molar-refractivity contribution in [1.29, 1.82) is 0 Å². The van der Waals surface area contributed by atoms with Crippen LogP contribution in [0.3, 0.4) is 0 Å². The molecule has 7 heteroatoms. The molecular weight excluding hydrogens is 418 g/mol. The topological polar surface area (TPSA) is 87.7 Å². The number of hydrogen-bond donors (Lipinski definition) is 2. The van der Waals surface area contributed by atoms with Crippen LogP contribution in [0.1, 0.15) is 52.5 Å². The predicted molar refractivity (Wildman–Crippen MR) is 126 cm³/mol. The Balaban J connectivity index is 1.33. The molecule has 2 aromatic carbocycles. The van der Waals surface area contributed by atoms with Crippen LogP contribution in [0, 0.1) is 5.92 Å². The van der Waals surface area contributed by atoms with E-state index in [4.69, 9.17) is 4.74 Å². The Labute approximate surface area is 194 Å². The van der Waals surface area contributed by atoms with Gasteiger partial charge < -0.3 is 15.4 Å². The summed E-state index contributed by atoms with van der Waals surface area (Å²) in [5.74, 6) is 0.775. The quantitative estimate of drug-likeness (QED) is 0.565. The van der Waals surface area contributed by atoms with Gasteiger partial charge in [-0.1, -0.05) is 32.9 Å². The number of amides is 4. The molecule has 0 radical (unpaired) electrons. The summed E-state index contributed by atoms with van der Waals surface area (Å²) in [6.45, 7) is 8.03. The van der Waals surface area contributed by atoms with Gasteiger partial charge in [0, 0.05) is 5.69 Å². The fourth-order valence-electron chi connectivity index (χ4n) is 4.06. The standard InChI is InChI=1S/C26H31N3O4/c1-5-25(2,3)17-8-12-20(13-9-17)33-21-14-10-19(11-15-21)27-22(30)16-29-23(31)26(4,18-6-7-18)28-24(29)32/h8-15,18H,5-7,16H2,1-4H3,(H,27,30)(H,28,32)/t26-/m1/s1. The molecule has 0 spiro atoms. The molecule has 2 aliphatic rings. The first kappa shape index (κ1) is 22.8. The second-order valence-corrected chi connectivity index (χ2v) is 9.73. The second-order valence-electron chi connectivity index (χ2n) is 9.73. The van der Waals surface area contributed by atoms with E-state index >= 15 is 0 Å². The third-order valence-electron chi connectivity index (χ3n) is 6.89. The van der Waals surface area contributed by atoms with E-state index in [0.29, 0.717) is 11.4 Å². The third kappa shape index (κ3) is 4.72. The fourth-order valence-corrected chi connectivity index (χ4v) is 4.06. The van der Waals surface area contributed by atoms with E-state index in [-0.39, 0.29) is 23.8 Å². The SMILES string of the molecule is CCC(C)(C)c1ccc(Oc2ccc(NC(=O)CN3C(=O)N[C@](C)(C4CC4)C3=O)cc2)cc1. The molecule has 1 aliphatic heterocycles. The van der Waals surface area contributed by atoms with Gasteiger partial charge in [0.15, 0.2) is 0 Å². The Morgan fingerprint density at radius 1 is 1.09 bits per heavy atom. The Hall–Kier alpha value is -3.35. The van der Waals surface area contributed by atoms with Crippen molar-refractivity contribution in [3.8, 4) is 11.5 Å². The van der Waals surface area contributed by atoms with Gasteiger partial charge in [-0.3, -0.25) is 14.5 Å². The molecule has 4 amide bonds. The lowest BCUT2D eigenvalue weighted by Gasteiger charge is -2.23. The number of carbonyl (C=O) groups is 3. The van der Waals surface area contributed by atoms with E-state index in [1.165, 1.54) is 5.56 Å². The minimum atomic E-state index is -0.888. The van der Waals surface area contributed by atoms with Crippen molar-refractivity contribution in [3.63, 3.8) is 0 Å². The zero-order valence-electron chi connectivity index (χ0n) is 19.6. The number of carbonyl (C=O) groups excluding carboxylic acids is 3. The van der Waals surface area contributed by atoms with Crippen LogP contribution in [0.2, 0.25) is 0 Å². The lowest BCUT2D eigenvalue weighted by molar-refractivity contribution is -0.134. The maximum atomic E-state index is 12.7. The summed E-state index contributed by atoms with van der Waals surface area (Å²) in [6, 6.07) is 14.5. The van der Waals surface area contributed by atoms with Crippen LogP contribution in [-0.2, 0) is 15.0 Å². The molecule has 0 bridgehead atoms. The molecule has 2 aromatic rings. The van der Waals surface area contributed by atoms with Crippen LogP contribution in [0.5, 0.6) is 11.5 Å². The van der Waals surface area contributed by atoms with Crippen molar-refractivity contribution in [3.05, 3.63) is 54.1 Å². The normalized spacial score (nSPS) is 20.5. The van der Waals surface area contributed by atoms with E-state index in [2.05, 4.69) is 43.5 Å². The minimum absolute atomic E-state index is 0.120. The summed E-state index contributed by atoms with van der Waals surface area (Å²) in [5.41, 5.74) is 1.05. The zero-order valence-corrected chi connectivity index (χ0v) is 19.6. The number of rotatable bonds is 8. The van der Waals surface area contributed by atoms with Crippen LogP contribution < -0.4 is 15.4 Å². The molecule has 1 heterocycles. The van der Waals surface area contributed by atoms with E-state index in [0.717, 1.165) is 29.9 Å². The number of imide groups is 1. The predicted octanol–water partition coefficient (Wildman–Crippen LogP) is 4.83. The molecular formula is C26H31N3O4. The van der Waals surface area contributed by atoms with Crippen LogP contribution in [0.25, 0.3) is 0 Å². The number of urea groups is 1. The van der Waals surface area contributed by atoms with Gasteiger partial charge in [-0.05, 0) is 79.5 Å². The van der Waals surface area contributed by atoms with Crippen molar-refractivity contribution < 1.29 is 19.1 Å². The molecule has 0 unspecified atom stereocenters. The van der Waals surface area contributed by atoms with Gasteiger partial charge in [-0.2, -0.15) is 0 Å². The molecule has 33 heavy (non-hydrogen) atoms. The molecule has 1 aliphatic carbocycles. The summed E-state index contributed by atoms with van der Waals surface area (Å²) < 4.78 is 5.91. The fraction of sp³-hybridized carbons (Fsp3) is 0.423. The first-order chi connectivity index (χ1) is 15.6. The van der Waals surface area contributed by atoms with Crippen molar-refractivity contribution >= 4 is 23.5 Å². The van der Waals surface area contributed by atoms with E-state index in [9.17, 15) is 14.4 Å². The number of benzene rings is 2. The molecule has 1 saturated carbocycles. The monoisotopic (exact) mass is 449 g/mol. The summed E-state index contributed by atoms with van der Waals surface area (Å²) in [4.78, 5) is 38.3. The number of ether oxygens (including phenoxy) is 1. The highest BCUT2D eigenvalue weighted by Crippen LogP contribution is 2.42. The van der Waals surface area contributed by atoms with Gasteiger partial charge >= 0.3 is 6.03 Å². The lowest BCUT2D eigenvalue weighted by atomic mass is 9.82. The van der Waals surface area contributed by atoms with Gasteiger partial charge in [0.2, 0.25) is 5.91 Å². The van der Waals surface area contributed by atoms with Crippen molar-refractivity contribution in [1.82, 2.24) is 10.2 Å². The highest BCUT2D eigenvalue weighted by molar-refractivity contribution is 6.10. The van der Waals surface area contributed by atoms with Crippen molar-refractivity contribution in [2.24, 2.45) is 5.92 Å². The van der Waals surface area contributed by atoms with E-state index < -0.39 is 17.5 Å². The minimum Gasteiger partial charge on any atom is -0.457 e. The highest BCUT2D eigenvalue weighted by Gasteiger charge is 2.56. The van der Waals surface area contributed by atoms with Crippen LogP contribution in [-0.4, -0.2) is 34.8 Å². The molecule has 0 aromatic heterocycles. The Bertz CT molecular complexity index is 1060. The summed E-state index contributed by atoms with van der Waals surface area (Å²) in [5, 5.41) is 5.48. The van der Waals surface area contributed by atoms with Gasteiger partial charge in [-0.25, -0.2) is 4.79 Å². The summed E-state index contributed by atoms with van der Waals surface area (Å²) >= 11 is 0. The summed E-state index contributed by atoms with van der Waals surface area (Å²) in [6.07, 6.45) is 2.88. The first-order valence-corrected chi connectivity index (χ1v) is 11.4. The molecule has 4 rings (SSSR count). The number of anilines is 1.